The van der Waals surface area contributed by atoms with E-state index in [2.05, 4.69) is 16.0 Å². The first-order valence-corrected chi connectivity index (χ1v) is 25.8. The zero-order valence-electron chi connectivity index (χ0n) is 45.2. The number of Topliss-reactive ketones (excluding diaryl/α,β-unsaturated/α-hetero) is 1. The number of ketones is 1. The van der Waals surface area contributed by atoms with Gasteiger partial charge in [0.15, 0.2) is 11.9 Å². The van der Waals surface area contributed by atoms with Crippen LogP contribution in [0, 0.1) is 29.6 Å². The summed E-state index contributed by atoms with van der Waals surface area (Å²) in [5.41, 5.74) is 0.604. The van der Waals surface area contributed by atoms with E-state index in [-0.39, 0.29) is 56.4 Å². The molecule has 11 atom stereocenters. The number of benzene rings is 1. The number of nitrogens with zero attached hydrogens (tertiary/aromatic N) is 3. The Hall–Kier alpha value is -5.59. The van der Waals surface area contributed by atoms with E-state index in [9.17, 15) is 48.3 Å². The molecule has 404 valence electrons. The van der Waals surface area contributed by atoms with Gasteiger partial charge in [0, 0.05) is 33.5 Å². The third-order valence-corrected chi connectivity index (χ3v) is 13.8. The number of methoxy groups -OCH3 is 1. The minimum atomic E-state index is -1.66. The van der Waals surface area contributed by atoms with Crippen LogP contribution in [0.25, 0.3) is 0 Å². The predicted molar refractivity (Wildman–Crippen MR) is 269 cm³/mol. The average Bonchev–Trinajstić information content (AvgIpc) is 3.82. The first-order chi connectivity index (χ1) is 33.8. The van der Waals surface area contributed by atoms with Gasteiger partial charge in [-0.3, -0.25) is 38.4 Å². The lowest BCUT2D eigenvalue weighted by molar-refractivity contribution is -0.163. The third kappa shape index (κ3) is 16.5. The van der Waals surface area contributed by atoms with Gasteiger partial charge >= 0.3 is 11.9 Å². The van der Waals surface area contributed by atoms with E-state index in [1.807, 2.05) is 34.6 Å². The van der Waals surface area contributed by atoms with Gasteiger partial charge in [-0.15, -0.1) is 0 Å². The molecule has 3 rings (SSSR count). The van der Waals surface area contributed by atoms with Crippen molar-refractivity contribution in [2.45, 2.75) is 189 Å². The molecule has 1 aromatic rings. The molecular weight excluding hydrogens is 929 g/mol. The largest absolute Gasteiger partial charge is 0.497 e. The zero-order chi connectivity index (χ0) is 54.3. The fourth-order valence-corrected chi connectivity index (χ4v) is 9.17. The highest BCUT2D eigenvalue weighted by Crippen LogP contribution is 2.26. The summed E-state index contributed by atoms with van der Waals surface area (Å²) in [7, 11) is 4.43. The number of esters is 2. The summed E-state index contributed by atoms with van der Waals surface area (Å²) in [5.74, 6) is -8.67. The second-order valence-corrected chi connectivity index (χ2v) is 20.9. The van der Waals surface area contributed by atoms with Gasteiger partial charge < -0.3 is 50.0 Å². The Balaban J connectivity index is 2.28. The first kappa shape index (κ1) is 60.7. The Bertz CT molecular complexity index is 2050. The number of amides is 6. The summed E-state index contributed by atoms with van der Waals surface area (Å²) in [6.07, 6.45) is -3.13. The first-order valence-electron chi connectivity index (χ1n) is 25.8. The lowest BCUT2D eigenvalue weighted by atomic mass is 9.91. The maximum Gasteiger partial charge on any atom is 0.329 e. The number of nitrogens with one attached hydrogen (secondary N) is 3. The Morgan fingerprint density at radius 1 is 0.903 bits per heavy atom. The van der Waals surface area contributed by atoms with Crippen molar-refractivity contribution in [3.05, 3.63) is 29.8 Å². The van der Waals surface area contributed by atoms with Crippen LogP contribution in [-0.2, 0) is 59.0 Å². The number of hydrogen-bond acceptors (Lipinski definition) is 13. The molecule has 19 heteroatoms. The van der Waals surface area contributed by atoms with E-state index in [4.69, 9.17) is 14.2 Å². The Morgan fingerprint density at radius 2 is 1.54 bits per heavy atom. The van der Waals surface area contributed by atoms with Crippen molar-refractivity contribution in [1.29, 1.82) is 0 Å². The highest BCUT2D eigenvalue weighted by molar-refractivity contribution is 6.05. The SMILES string of the molecule is CCCC(=O)N(C)[C@H](CC(C)C)C(=O)N[C@@H]1C(=O)N[C@@H]([C@@H](C)CC)[C@H](O)CC(=O)O[C@H](C(C)C)C(=O)[C@H](C)C(=O)N[C@H](CC(C)C)C(=O)N2CCC[C@H]2C(=O)N(C)[C@@H](Cc2ccc(OC)cc2)C(=O)O[C@H]1C. The number of aliphatic hydroxyl groups excluding tert-OH is 1. The summed E-state index contributed by atoms with van der Waals surface area (Å²) < 4.78 is 17.2. The van der Waals surface area contributed by atoms with E-state index in [1.165, 1.54) is 49.8 Å². The van der Waals surface area contributed by atoms with Crippen LogP contribution in [0.3, 0.4) is 0 Å². The molecule has 2 aliphatic rings. The Morgan fingerprint density at radius 3 is 2.10 bits per heavy atom. The fourth-order valence-electron chi connectivity index (χ4n) is 9.17. The van der Waals surface area contributed by atoms with Gasteiger partial charge in [0.1, 0.15) is 42.1 Å². The molecule has 4 N–H and O–H groups in total. The van der Waals surface area contributed by atoms with E-state index < -0.39 is 126 Å². The van der Waals surface area contributed by atoms with Crippen LogP contribution in [0.1, 0.15) is 133 Å². The molecule has 2 fully saturated rings. The average molecular weight is 1010 g/mol. The number of aliphatic hydroxyl groups is 1. The minimum Gasteiger partial charge on any atom is -0.497 e. The van der Waals surface area contributed by atoms with Gasteiger partial charge in [-0.1, -0.05) is 80.9 Å². The van der Waals surface area contributed by atoms with Gasteiger partial charge in [0.05, 0.1) is 31.6 Å². The molecule has 0 spiro atoms. The monoisotopic (exact) mass is 1010 g/mol. The molecule has 0 bridgehead atoms. The molecule has 0 radical (unpaired) electrons. The molecule has 2 aliphatic heterocycles. The maximum absolute atomic E-state index is 14.8. The number of cyclic esters (lactones) is 2. The maximum atomic E-state index is 14.8. The van der Waals surface area contributed by atoms with E-state index >= 15 is 0 Å². The molecule has 1 aromatic carbocycles. The topological polar surface area (TPSA) is 247 Å². The van der Waals surface area contributed by atoms with Crippen LogP contribution in [0.2, 0.25) is 0 Å². The van der Waals surface area contributed by atoms with Crippen molar-refractivity contribution in [2.75, 3.05) is 27.7 Å². The van der Waals surface area contributed by atoms with E-state index in [1.54, 1.807) is 52.0 Å². The molecule has 2 saturated heterocycles. The van der Waals surface area contributed by atoms with Gasteiger partial charge in [-0.2, -0.15) is 0 Å². The van der Waals surface area contributed by atoms with E-state index in [0.29, 0.717) is 30.6 Å². The molecule has 2 heterocycles. The standard InChI is InChI=1S/C53H84N6O13/c1-15-18-42(61)57(12)39(26-30(5)6)49(65)56-45-34(11)71-53(69)40(27-35-20-22-36(70-14)23-21-35)58(13)52(68)38-19-17-24-59(38)51(67)37(25-29(3)4)54-48(64)33(10)46(63)47(31(7)8)72-43(62)28-41(60)44(32(9)16-2)55-50(45)66/h20-23,29-34,37-41,44-45,47,60H,15-19,24-28H2,1-14H3,(H,54,64)(H,55,66)(H,56,65)/t32-,33-,34-,37+,38-,39+,40-,41+,44-,45-,47+/m0/s1. The van der Waals surface area contributed by atoms with E-state index in [0.717, 1.165) is 0 Å². The molecule has 0 saturated carbocycles. The van der Waals surface area contributed by atoms with Gasteiger partial charge in [0.2, 0.25) is 35.4 Å². The number of ether oxygens (including phenoxy) is 3. The van der Waals surface area contributed by atoms with Crippen LogP contribution < -0.4 is 20.7 Å². The Kier molecular flexibility index (Phi) is 23.6. The van der Waals surface area contributed by atoms with Gasteiger partial charge in [-0.25, -0.2) is 4.79 Å². The fraction of sp³-hybridized carbons (Fsp3) is 0.717. The number of rotatable bonds is 15. The molecular formula is C53H84N6O13. The van der Waals surface area contributed by atoms with Crippen LogP contribution >= 0.6 is 0 Å². The lowest BCUT2D eigenvalue weighted by Crippen LogP contribution is -2.61. The highest BCUT2D eigenvalue weighted by Gasteiger charge is 2.45. The highest BCUT2D eigenvalue weighted by atomic mass is 16.6. The third-order valence-electron chi connectivity index (χ3n) is 13.8. The molecule has 72 heavy (non-hydrogen) atoms. The number of likely N-dealkylation sites (N-methyl/N-ethyl adjacent to an activating group) is 2. The van der Waals surface area contributed by atoms with Gasteiger partial charge in [-0.05, 0) is 87.3 Å². The molecule has 6 amide bonds. The second-order valence-electron chi connectivity index (χ2n) is 20.9. The molecule has 0 aromatic heterocycles. The van der Waals surface area contributed by atoms with Crippen molar-refractivity contribution < 1.29 is 62.5 Å². The quantitative estimate of drug-likeness (QED) is 0.145. The van der Waals surface area contributed by atoms with Crippen LogP contribution in [0.4, 0.5) is 0 Å². The minimum absolute atomic E-state index is 0.0762. The normalized spacial score (nSPS) is 26.6. The summed E-state index contributed by atoms with van der Waals surface area (Å²) in [4.78, 5) is 132. The summed E-state index contributed by atoms with van der Waals surface area (Å²) >= 11 is 0. The molecule has 0 unspecified atom stereocenters. The van der Waals surface area contributed by atoms with Crippen LogP contribution in [0.15, 0.2) is 24.3 Å². The van der Waals surface area contributed by atoms with Crippen LogP contribution in [0.5, 0.6) is 5.75 Å². The number of carbonyl (C=O) groups is 9. The number of fused-ring (bicyclic) bond motifs is 1. The van der Waals surface area contributed by atoms with Gasteiger partial charge in [0.25, 0.3) is 0 Å². The second kappa shape index (κ2) is 28.0. The summed E-state index contributed by atoms with van der Waals surface area (Å²) in [6, 6.07) is -0.610. The zero-order valence-corrected chi connectivity index (χ0v) is 45.2. The molecule has 19 nitrogen and oxygen atoms in total. The van der Waals surface area contributed by atoms with Crippen molar-refractivity contribution >= 4 is 53.2 Å². The predicted octanol–water partition coefficient (Wildman–Crippen LogP) is 3.74. The smallest absolute Gasteiger partial charge is 0.329 e. The van der Waals surface area contributed by atoms with Crippen molar-refractivity contribution in [3.63, 3.8) is 0 Å². The summed E-state index contributed by atoms with van der Waals surface area (Å²) in [5, 5.41) is 20.0. The van der Waals surface area contributed by atoms with Crippen molar-refractivity contribution in [3.8, 4) is 5.75 Å². The van der Waals surface area contributed by atoms with Crippen molar-refractivity contribution in [1.82, 2.24) is 30.7 Å². The summed E-state index contributed by atoms with van der Waals surface area (Å²) in [6.45, 7) is 19.0. The van der Waals surface area contributed by atoms with Crippen molar-refractivity contribution in [2.24, 2.45) is 29.6 Å². The lowest BCUT2D eigenvalue weighted by Gasteiger charge is -2.36. The Labute approximate surface area is 426 Å². The van der Waals surface area contributed by atoms with Crippen LogP contribution in [-0.4, -0.2) is 155 Å². The number of hydrogen-bond donors (Lipinski definition) is 4. The number of carbonyl (C=O) groups excluding carboxylic acids is 9. The molecule has 0 aliphatic carbocycles.